The van der Waals surface area contributed by atoms with Gasteiger partial charge in [-0.1, -0.05) is 42.5 Å². The molecular weight excluding hydrogens is 434 g/mol. The third kappa shape index (κ3) is 3.02. The molecule has 0 spiro atoms. The SMILES string of the molecule is O=C1CC(c2ccc3ncccc3c2)c2c(c(O)c(O)c3c(=O)cc(-c4ccccc4)oc23)O1. The summed E-state index contributed by atoms with van der Waals surface area (Å²) in [6.45, 7) is 0. The molecule has 0 fully saturated rings. The molecule has 6 rings (SSSR count). The fraction of sp³-hybridized carbons (Fsp3) is 0.0741. The lowest BCUT2D eigenvalue weighted by Crippen LogP contribution is -2.22. The van der Waals surface area contributed by atoms with Crippen molar-refractivity contribution in [2.45, 2.75) is 12.3 Å². The van der Waals surface area contributed by atoms with Gasteiger partial charge in [-0.25, -0.2) is 0 Å². The second-order valence-corrected chi connectivity index (χ2v) is 8.17. The van der Waals surface area contributed by atoms with Crippen molar-refractivity contribution >= 4 is 27.8 Å². The molecule has 166 valence electrons. The van der Waals surface area contributed by atoms with Crippen LogP contribution in [0.5, 0.6) is 17.2 Å². The number of carbonyl (C=O) groups excluding carboxylic acids is 1. The second-order valence-electron chi connectivity index (χ2n) is 8.17. The van der Waals surface area contributed by atoms with Gasteiger partial charge in [0.2, 0.25) is 5.75 Å². The van der Waals surface area contributed by atoms with Crippen LogP contribution in [0.3, 0.4) is 0 Å². The number of pyridine rings is 1. The summed E-state index contributed by atoms with van der Waals surface area (Å²) in [6.07, 6.45) is 1.67. The molecule has 1 atom stereocenters. The third-order valence-corrected chi connectivity index (χ3v) is 6.14. The third-order valence-electron chi connectivity index (χ3n) is 6.14. The highest BCUT2D eigenvalue weighted by Gasteiger charge is 2.36. The molecule has 7 heteroatoms. The van der Waals surface area contributed by atoms with E-state index in [1.807, 2.05) is 48.5 Å². The first-order valence-corrected chi connectivity index (χ1v) is 10.7. The van der Waals surface area contributed by atoms with Gasteiger partial charge in [0, 0.05) is 29.1 Å². The number of phenols is 2. The van der Waals surface area contributed by atoms with Crippen LogP contribution in [0.2, 0.25) is 0 Å². The van der Waals surface area contributed by atoms with Gasteiger partial charge >= 0.3 is 5.97 Å². The van der Waals surface area contributed by atoms with Crippen LogP contribution < -0.4 is 10.2 Å². The molecule has 1 unspecified atom stereocenters. The van der Waals surface area contributed by atoms with E-state index in [2.05, 4.69) is 4.98 Å². The summed E-state index contributed by atoms with van der Waals surface area (Å²) in [4.78, 5) is 29.9. The van der Waals surface area contributed by atoms with Gasteiger partial charge in [-0.15, -0.1) is 0 Å². The average Bonchev–Trinajstić information content (AvgIpc) is 2.86. The number of benzene rings is 3. The van der Waals surface area contributed by atoms with Crippen molar-refractivity contribution in [2.75, 3.05) is 0 Å². The van der Waals surface area contributed by atoms with Crippen LogP contribution in [0.4, 0.5) is 0 Å². The summed E-state index contributed by atoms with van der Waals surface area (Å²) < 4.78 is 11.5. The van der Waals surface area contributed by atoms with Gasteiger partial charge in [-0.3, -0.25) is 14.6 Å². The zero-order valence-corrected chi connectivity index (χ0v) is 17.7. The average molecular weight is 451 g/mol. The largest absolute Gasteiger partial charge is 0.504 e. The van der Waals surface area contributed by atoms with Gasteiger partial charge in [-0.2, -0.15) is 0 Å². The number of carbonyl (C=O) groups is 1. The normalized spacial score (nSPS) is 15.3. The second kappa shape index (κ2) is 7.45. The summed E-state index contributed by atoms with van der Waals surface area (Å²) in [5.74, 6) is -2.40. The fourth-order valence-electron chi connectivity index (χ4n) is 4.55. The van der Waals surface area contributed by atoms with Gasteiger partial charge in [0.25, 0.3) is 0 Å². The van der Waals surface area contributed by atoms with Gasteiger partial charge in [0.15, 0.2) is 16.9 Å². The molecule has 1 aliphatic rings. The van der Waals surface area contributed by atoms with E-state index in [0.29, 0.717) is 16.9 Å². The lowest BCUT2D eigenvalue weighted by Gasteiger charge is -2.27. The highest BCUT2D eigenvalue weighted by atomic mass is 16.5. The highest BCUT2D eigenvalue weighted by Crippen LogP contribution is 2.52. The number of hydrogen-bond acceptors (Lipinski definition) is 7. The Morgan fingerprint density at radius 3 is 2.56 bits per heavy atom. The predicted molar refractivity (Wildman–Crippen MR) is 125 cm³/mol. The molecule has 1 aliphatic heterocycles. The van der Waals surface area contributed by atoms with Crippen molar-refractivity contribution in [2.24, 2.45) is 0 Å². The summed E-state index contributed by atoms with van der Waals surface area (Å²) in [5.41, 5.74) is 2.11. The number of nitrogens with zero attached hydrogens (tertiary/aromatic N) is 1. The first-order chi connectivity index (χ1) is 16.5. The van der Waals surface area contributed by atoms with E-state index in [-0.39, 0.29) is 23.1 Å². The summed E-state index contributed by atoms with van der Waals surface area (Å²) >= 11 is 0. The van der Waals surface area contributed by atoms with Crippen LogP contribution in [0, 0.1) is 0 Å². The lowest BCUT2D eigenvalue weighted by atomic mass is 9.84. The molecule has 0 saturated carbocycles. The van der Waals surface area contributed by atoms with Crippen LogP contribution >= 0.6 is 0 Å². The van der Waals surface area contributed by atoms with E-state index in [1.165, 1.54) is 6.07 Å². The van der Waals surface area contributed by atoms with Crippen molar-refractivity contribution in [3.05, 3.63) is 94.3 Å². The minimum atomic E-state index is -0.682. The molecule has 0 bridgehead atoms. The van der Waals surface area contributed by atoms with E-state index in [9.17, 15) is 19.8 Å². The van der Waals surface area contributed by atoms with Crippen LogP contribution in [-0.4, -0.2) is 21.2 Å². The molecule has 0 amide bonds. The Morgan fingerprint density at radius 2 is 1.74 bits per heavy atom. The number of rotatable bonds is 2. The van der Waals surface area contributed by atoms with E-state index in [4.69, 9.17) is 9.15 Å². The Bertz CT molecular complexity index is 1670. The molecule has 5 aromatic rings. The van der Waals surface area contributed by atoms with Crippen LogP contribution in [0.15, 0.2) is 82.1 Å². The van der Waals surface area contributed by atoms with Gasteiger partial charge < -0.3 is 19.4 Å². The van der Waals surface area contributed by atoms with E-state index >= 15 is 0 Å². The molecule has 0 radical (unpaired) electrons. The zero-order chi connectivity index (χ0) is 23.4. The Hall–Kier alpha value is -4.65. The maximum atomic E-state index is 13.1. The number of esters is 1. The van der Waals surface area contributed by atoms with E-state index in [0.717, 1.165) is 16.5 Å². The summed E-state index contributed by atoms with van der Waals surface area (Å²) in [7, 11) is 0. The molecule has 3 heterocycles. The predicted octanol–water partition coefficient (Wildman–Crippen LogP) is 4.86. The van der Waals surface area contributed by atoms with Crippen LogP contribution in [-0.2, 0) is 4.79 Å². The van der Waals surface area contributed by atoms with E-state index < -0.39 is 28.8 Å². The van der Waals surface area contributed by atoms with Crippen molar-refractivity contribution in [3.63, 3.8) is 0 Å². The first kappa shape index (κ1) is 20.0. The number of hydrogen-bond donors (Lipinski definition) is 2. The Kier molecular flexibility index (Phi) is 4.38. The smallest absolute Gasteiger partial charge is 0.312 e. The molecule has 2 aromatic heterocycles. The quantitative estimate of drug-likeness (QED) is 0.224. The topological polar surface area (TPSA) is 110 Å². The molecule has 2 N–H and O–H groups in total. The maximum absolute atomic E-state index is 13.1. The summed E-state index contributed by atoms with van der Waals surface area (Å²) in [6, 6.07) is 19.7. The minimum absolute atomic E-state index is 0.0304. The van der Waals surface area contributed by atoms with Crippen LogP contribution in [0.25, 0.3) is 33.2 Å². The van der Waals surface area contributed by atoms with Gasteiger partial charge in [-0.05, 0) is 23.8 Å². The number of aromatic hydroxyl groups is 2. The Balaban J connectivity index is 1.68. The molecular formula is C27H17NO6. The molecule has 3 aromatic carbocycles. The molecule has 0 aliphatic carbocycles. The monoisotopic (exact) mass is 451 g/mol. The molecule has 7 nitrogen and oxygen atoms in total. The Morgan fingerprint density at radius 1 is 0.912 bits per heavy atom. The summed E-state index contributed by atoms with van der Waals surface area (Å²) in [5, 5.41) is 22.0. The standard InChI is InChI=1S/C27H17NO6/c29-19-13-20(14-5-2-1-3-6-14)33-26-22-17(15-8-9-18-16(11-15)7-4-10-28-18)12-21(30)34-27(22)25(32)24(31)23(19)26/h1-11,13,17,31-32H,12H2. The molecule has 34 heavy (non-hydrogen) atoms. The van der Waals surface area contributed by atoms with Crippen LogP contribution in [0.1, 0.15) is 23.5 Å². The van der Waals surface area contributed by atoms with Crippen molar-refractivity contribution in [3.8, 4) is 28.6 Å². The number of aromatic nitrogens is 1. The Labute approximate surface area is 192 Å². The fourth-order valence-corrected chi connectivity index (χ4v) is 4.55. The number of phenolic OH excluding ortho intramolecular Hbond substituents is 2. The maximum Gasteiger partial charge on any atom is 0.312 e. The highest BCUT2D eigenvalue weighted by molar-refractivity contribution is 5.96. The van der Waals surface area contributed by atoms with Crippen molar-refractivity contribution in [1.82, 2.24) is 4.98 Å². The van der Waals surface area contributed by atoms with Crippen molar-refractivity contribution < 1.29 is 24.2 Å². The lowest BCUT2D eigenvalue weighted by molar-refractivity contribution is -0.135. The number of ether oxygens (including phenoxy) is 1. The number of fused-ring (bicyclic) bond motifs is 4. The molecule has 0 saturated heterocycles. The first-order valence-electron chi connectivity index (χ1n) is 10.7. The van der Waals surface area contributed by atoms with Gasteiger partial charge in [0.1, 0.15) is 16.7 Å². The van der Waals surface area contributed by atoms with E-state index in [1.54, 1.807) is 18.3 Å². The minimum Gasteiger partial charge on any atom is -0.504 e. The van der Waals surface area contributed by atoms with Gasteiger partial charge in [0.05, 0.1) is 17.5 Å². The zero-order valence-electron chi connectivity index (χ0n) is 17.7. The van der Waals surface area contributed by atoms with Crippen molar-refractivity contribution in [1.29, 1.82) is 0 Å².